The third-order valence-electron chi connectivity index (χ3n) is 2.80. The average molecular weight is 190 g/mol. The second-order valence-electron chi connectivity index (χ2n) is 3.88. The van der Waals surface area contributed by atoms with Crippen LogP contribution in [0.3, 0.4) is 0 Å². The van der Waals surface area contributed by atoms with Gasteiger partial charge in [-0.05, 0) is 24.8 Å². The van der Waals surface area contributed by atoms with Crippen LogP contribution in [0.2, 0.25) is 0 Å². The van der Waals surface area contributed by atoms with Gasteiger partial charge in [0, 0.05) is 0 Å². The zero-order valence-electron chi connectivity index (χ0n) is 8.49. The van der Waals surface area contributed by atoms with Crippen LogP contribution in [0.25, 0.3) is 0 Å². The first kappa shape index (κ1) is 9.25. The van der Waals surface area contributed by atoms with Crippen LogP contribution < -0.4 is 0 Å². The molecule has 0 radical (unpaired) electrons. The smallest absolute Gasteiger partial charge is 0.309 e. The Bertz CT molecular complexity index is 340. The normalized spacial score (nSPS) is 24.4. The fraction of sp³-hybridized carbons (Fsp3) is 0.417. The monoisotopic (exact) mass is 190 g/mol. The first-order valence-electron chi connectivity index (χ1n) is 4.87. The standard InChI is InChI=1S/C12H14O2/c1-8-3-5-9(6-4-8)10-7-11(10)12(13)14-2/h3-6,10-11H,7H2,1-2H3/t10-,11+/m0/s1. The van der Waals surface area contributed by atoms with E-state index >= 15 is 0 Å². The highest BCUT2D eigenvalue weighted by Crippen LogP contribution is 2.47. The van der Waals surface area contributed by atoms with Gasteiger partial charge in [0.25, 0.3) is 0 Å². The molecule has 0 bridgehead atoms. The highest BCUT2D eigenvalue weighted by Gasteiger charge is 2.44. The molecule has 1 fully saturated rings. The minimum absolute atomic E-state index is 0.0735. The van der Waals surface area contributed by atoms with Gasteiger partial charge in [-0.15, -0.1) is 0 Å². The molecular weight excluding hydrogens is 176 g/mol. The summed E-state index contributed by atoms with van der Waals surface area (Å²) in [6, 6.07) is 8.37. The maximum absolute atomic E-state index is 11.2. The lowest BCUT2D eigenvalue weighted by molar-refractivity contribution is -0.142. The van der Waals surface area contributed by atoms with Gasteiger partial charge >= 0.3 is 5.97 Å². The van der Waals surface area contributed by atoms with E-state index in [-0.39, 0.29) is 11.9 Å². The highest BCUT2D eigenvalue weighted by molar-refractivity contribution is 5.77. The van der Waals surface area contributed by atoms with Crippen molar-refractivity contribution in [1.82, 2.24) is 0 Å². The van der Waals surface area contributed by atoms with Crippen LogP contribution in [0.4, 0.5) is 0 Å². The molecule has 74 valence electrons. The van der Waals surface area contributed by atoms with Crippen LogP contribution in [0.5, 0.6) is 0 Å². The number of rotatable bonds is 2. The molecule has 0 saturated heterocycles. The summed E-state index contributed by atoms with van der Waals surface area (Å²) >= 11 is 0. The van der Waals surface area contributed by atoms with Crippen molar-refractivity contribution in [2.75, 3.05) is 7.11 Å². The summed E-state index contributed by atoms with van der Waals surface area (Å²) in [6.07, 6.45) is 0.940. The molecule has 0 amide bonds. The molecular formula is C12H14O2. The van der Waals surface area contributed by atoms with E-state index < -0.39 is 0 Å². The zero-order chi connectivity index (χ0) is 10.1. The van der Waals surface area contributed by atoms with Crippen LogP contribution in [0.1, 0.15) is 23.5 Å². The molecule has 0 heterocycles. The van der Waals surface area contributed by atoms with Crippen LogP contribution in [-0.4, -0.2) is 13.1 Å². The molecule has 1 aliphatic carbocycles. The van der Waals surface area contributed by atoms with E-state index in [0.29, 0.717) is 5.92 Å². The quantitative estimate of drug-likeness (QED) is 0.669. The van der Waals surface area contributed by atoms with Gasteiger partial charge in [-0.25, -0.2) is 0 Å². The van der Waals surface area contributed by atoms with Crippen LogP contribution in [0, 0.1) is 12.8 Å². The van der Waals surface area contributed by atoms with Crippen molar-refractivity contribution in [1.29, 1.82) is 0 Å². The molecule has 0 unspecified atom stereocenters. The Balaban J connectivity index is 2.06. The Kier molecular flexibility index (Phi) is 2.28. The molecule has 2 rings (SSSR count). The van der Waals surface area contributed by atoms with Crippen LogP contribution in [0.15, 0.2) is 24.3 Å². The summed E-state index contributed by atoms with van der Waals surface area (Å²) in [5, 5.41) is 0. The number of esters is 1. The Morgan fingerprint density at radius 2 is 2.00 bits per heavy atom. The molecule has 14 heavy (non-hydrogen) atoms. The number of carbonyl (C=O) groups is 1. The molecule has 2 nitrogen and oxygen atoms in total. The second-order valence-corrected chi connectivity index (χ2v) is 3.88. The predicted molar refractivity (Wildman–Crippen MR) is 54.0 cm³/mol. The lowest BCUT2D eigenvalue weighted by Gasteiger charge is -2.00. The van der Waals surface area contributed by atoms with Gasteiger partial charge in [-0.1, -0.05) is 29.8 Å². The molecule has 0 aromatic heterocycles. The maximum atomic E-state index is 11.2. The molecule has 1 saturated carbocycles. The van der Waals surface area contributed by atoms with Crippen LogP contribution in [-0.2, 0) is 9.53 Å². The van der Waals surface area contributed by atoms with Crippen LogP contribution >= 0.6 is 0 Å². The molecule has 1 aliphatic rings. The van der Waals surface area contributed by atoms with Gasteiger partial charge in [0.2, 0.25) is 0 Å². The number of aryl methyl sites for hydroxylation is 1. The van der Waals surface area contributed by atoms with E-state index in [1.54, 1.807) is 0 Å². The third-order valence-corrected chi connectivity index (χ3v) is 2.80. The summed E-state index contributed by atoms with van der Waals surface area (Å²) in [6.45, 7) is 2.06. The number of hydrogen-bond donors (Lipinski definition) is 0. The molecule has 0 aliphatic heterocycles. The Morgan fingerprint density at radius 1 is 1.36 bits per heavy atom. The van der Waals surface area contributed by atoms with Gasteiger partial charge in [0.05, 0.1) is 13.0 Å². The van der Waals surface area contributed by atoms with E-state index in [1.807, 2.05) is 0 Å². The minimum Gasteiger partial charge on any atom is -0.469 e. The van der Waals surface area contributed by atoms with Gasteiger partial charge in [-0.2, -0.15) is 0 Å². The molecule has 2 atom stereocenters. The first-order valence-corrected chi connectivity index (χ1v) is 4.87. The van der Waals surface area contributed by atoms with E-state index in [9.17, 15) is 4.79 Å². The third kappa shape index (κ3) is 1.65. The van der Waals surface area contributed by atoms with Gasteiger partial charge in [0.15, 0.2) is 0 Å². The van der Waals surface area contributed by atoms with E-state index in [0.717, 1.165) is 6.42 Å². The van der Waals surface area contributed by atoms with E-state index in [2.05, 4.69) is 31.2 Å². The average Bonchev–Trinajstić information content (AvgIpc) is 2.98. The molecule has 0 spiro atoms. The van der Waals surface area contributed by atoms with Gasteiger partial charge < -0.3 is 4.74 Å². The fourth-order valence-corrected chi connectivity index (χ4v) is 1.79. The first-order chi connectivity index (χ1) is 6.72. The lowest BCUT2D eigenvalue weighted by atomic mass is 10.1. The van der Waals surface area contributed by atoms with Crippen molar-refractivity contribution in [3.8, 4) is 0 Å². The number of carbonyl (C=O) groups excluding carboxylic acids is 1. The van der Waals surface area contributed by atoms with Crippen molar-refractivity contribution >= 4 is 5.97 Å². The largest absolute Gasteiger partial charge is 0.469 e. The van der Waals surface area contributed by atoms with Gasteiger partial charge in [-0.3, -0.25) is 4.79 Å². The van der Waals surface area contributed by atoms with Crippen molar-refractivity contribution < 1.29 is 9.53 Å². The Morgan fingerprint density at radius 3 is 2.57 bits per heavy atom. The summed E-state index contributed by atoms with van der Waals surface area (Å²) in [5.41, 5.74) is 2.51. The van der Waals surface area contributed by atoms with Crippen molar-refractivity contribution in [2.45, 2.75) is 19.3 Å². The summed E-state index contributed by atoms with van der Waals surface area (Å²) in [7, 11) is 1.45. The predicted octanol–water partition coefficient (Wildman–Crippen LogP) is 2.27. The Labute approximate surface area is 83.9 Å². The molecule has 1 aromatic carbocycles. The Hall–Kier alpha value is -1.31. The lowest BCUT2D eigenvalue weighted by Crippen LogP contribution is -2.03. The molecule has 1 aromatic rings. The van der Waals surface area contributed by atoms with E-state index in [1.165, 1.54) is 18.2 Å². The number of benzene rings is 1. The number of ether oxygens (including phenoxy) is 1. The van der Waals surface area contributed by atoms with Crippen molar-refractivity contribution in [3.63, 3.8) is 0 Å². The number of methoxy groups -OCH3 is 1. The summed E-state index contributed by atoms with van der Waals surface area (Å²) < 4.78 is 4.71. The summed E-state index contributed by atoms with van der Waals surface area (Å²) in [4.78, 5) is 11.2. The van der Waals surface area contributed by atoms with Crippen molar-refractivity contribution in [2.24, 2.45) is 5.92 Å². The molecule has 0 N–H and O–H groups in total. The maximum Gasteiger partial charge on any atom is 0.309 e. The SMILES string of the molecule is COC(=O)[C@@H]1C[C@H]1c1ccc(C)cc1. The topological polar surface area (TPSA) is 26.3 Å². The minimum atomic E-state index is -0.0735. The second kappa shape index (κ2) is 3.45. The molecule has 2 heteroatoms. The number of hydrogen-bond acceptors (Lipinski definition) is 2. The highest BCUT2D eigenvalue weighted by atomic mass is 16.5. The zero-order valence-corrected chi connectivity index (χ0v) is 8.49. The van der Waals surface area contributed by atoms with E-state index in [4.69, 9.17) is 4.74 Å². The van der Waals surface area contributed by atoms with Crippen molar-refractivity contribution in [3.05, 3.63) is 35.4 Å². The fourth-order valence-electron chi connectivity index (χ4n) is 1.79. The van der Waals surface area contributed by atoms with Gasteiger partial charge in [0.1, 0.15) is 0 Å². The summed E-state index contributed by atoms with van der Waals surface area (Å²) in [5.74, 6) is 0.418.